The van der Waals surface area contributed by atoms with Crippen molar-refractivity contribution in [3.05, 3.63) is 66.0 Å². The molecule has 0 bridgehead atoms. The smallest absolute Gasteiger partial charge is 0.450 e. The van der Waals surface area contributed by atoms with Crippen molar-refractivity contribution in [3.8, 4) is 0 Å². The lowest BCUT2D eigenvalue weighted by atomic mass is 10.1. The molecule has 1 aliphatic rings. The third kappa shape index (κ3) is 3.91. The molecular weight excluding hydrogens is 389 g/mol. The molecule has 152 valence electrons. The Morgan fingerprint density at radius 2 is 1.86 bits per heavy atom. The molecule has 2 heterocycles. The lowest BCUT2D eigenvalue weighted by Gasteiger charge is -2.24. The first kappa shape index (κ1) is 20.3. The zero-order chi connectivity index (χ0) is 21.1. The molecule has 0 spiro atoms. The first-order chi connectivity index (χ1) is 13.8. The second-order valence-electron chi connectivity index (χ2n) is 6.18. The summed E-state index contributed by atoms with van der Waals surface area (Å²) in [5.41, 5.74) is -2.43. The van der Waals surface area contributed by atoms with Gasteiger partial charge in [-0.15, -0.1) is 0 Å². The van der Waals surface area contributed by atoms with Gasteiger partial charge in [0.15, 0.2) is 0 Å². The number of hydrogen-bond donors (Lipinski definition) is 2. The minimum absolute atomic E-state index is 0.0819. The molecule has 3 rings (SSSR count). The molecule has 0 saturated heterocycles. The van der Waals surface area contributed by atoms with Crippen LogP contribution in [0, 0.1) is 0 Å². The number of ether oxygens (including phenoxy) is 1. The number of halogens is 3. The minimum Gasteiger partial charge on any atom is -0.450 e. The van der Waals surface area contributed by atoms with Gasteiger partial charge in [0.2, 0.25) is 0 Å². The van der Waals surface area contributed by atoms with Crippen molar-refractivity contribution in [2.75, 3.05) is 6.61 Å². The monoisotopic (exact) mass is 407 g/mol. The number of rotatable bonds is 5. The third-order valence-corrected chi connectivity index (χ3v) is 4.27. The second-order valence-corrected chi connectivity index (χ2v) is 6.18. The van der Waals surface area contributed by atoms with E-state index in [4.69, 9.17) is 0 Å². The molecule has 1 aliphatic heterocycles. The summed E-state index contributed by atoms with van der Waals surface area (Å²) in [6.45, 7) is 1.14. The summed E-state index contributed by atoms with van der Waals surface area (Å²) >= 11 is 0. The number of aromatic nitrogens is 1. The fourth-order valence-electron chi connectivity index (χ4n) is 2.92. The Hall–Kier alpha value is -3.43. The van der Waals surface area contributed by atoms with Gasteiger partial charge in [-0.25, -0.2) is 14.6 Å². The van der Waals surface area contributed by atoms with Crippen molar-refractivity contribution < 1.29 is 32.5 Å². The molecule has 10 heteroatoms. The van der Waals surface area contributed by atoms with Gasteiger partial charge in [-0.3, -0.25) is 10.3 Å². The first-order valence-electron chi connectivity index (χ1n) is 8.71. The van der Waals surface area contributed by atoms with E-state index in [1.165, 1.54) is 19.3 Å². The van der Waals surface area contributed by atoms with E-state index >= 15 is 0 Å². The second kappa shape index (κ2) is 7.90. The molecule has 29 heavy (non-hydrogen) atoms. The average Bonchev–Trinajstić information content (AvgIpc) is 2.97. The Morgan fingerprint density at radius 3 is 2.45 bits per heavy atom. The van der Waals surface area contributed by atoms with Crippen LogP contribution >= 0.6 is 0 Å². The maximum absolute atomic E-state index is 14.1. The molecule has 7 nitrogen and oxygen atoms in total. The van der Waals surface area contributed by atoms with Crippen LogP contribution in [0.5, 0.6) is 0 Å². The molecule has 1 aromatic heterocycles. The largest absolute Gasteiger partial charge is 0.465 e. The summed E-state index contributed by atoms with van der Waals surface area (Å²) in [7, 11) is 0. The summed E-state index contributed by atoms with van der Waals surface area (Å²) in [5.74, 6) is -1.45. The Bertz CT molecular complexity index is 919. The highest BCUT2D eigenvalue weighted by atomic mass is 19.4. The number of nitrogens with zero attached hydrogens (tertiary/aromatic N) is 2. The van der Waals surface area contributed by atoms with Crippen LogP contribution in [0.2, 0.25) is 0 Å². The zero-order valence-corrected chi connectivity index (χ0v) is 15.4. The van der Waals surface area contributed by atoms with Crippen LogP contribution in [-0.4, -0.2) is 46.2 Å². The van der Waals surface area contributed by atoms with E-state index in [2.05, 4.69) is 14.7 Å². The molecule has 2 amide bonds. The highest BCUT2D eigenvalue weighted by molar-refractivity contribution is 6.10. The van der Waals surface area contributed by atoms with Crippen LogP contribution in [0.25, 0.3) is 0 Å². The van der Waals surface area contributed by atoms with E-state index in [1.807, 2.05) is 0 Å². The van der Waals surface area contributed by atoms with E-state index in [0.717, 1.165) is 4.90 Å². The van der Waals surface area contributed by atoms with E-state index in [1.54, 1.807) is 47.8 Å². The Labute approximate surface area is 164 Å². The van der Waals surface area contributed by atoms with Crippen molar-refractivity contribution in [1.82, 2.24) is 15.2 Å². The van der Waals surface area contributed by atoms with Gasteiger partial charge in [0, 0.05) is 12.4 Å². The van der Waals surface area contributed by atoms with Crippen LogP contribution in [0.15, 0.2) is 54.9 Å². The molecule has 1 atom stereocenters. The van der Waals surface area contributed by atoms with Crippen LogP contribution in [-0.2, 0) is 16.1 Å². The summed E-state index contributed by atoms with van der Waals surface area (Å²) in [5, 5.41) is 1.68. The van der Waals surface area contributed by atoms with Crippen molar-refractivity contribution in [3.63, 3.8) is 0 Å². The van der Waals surface area contributed by atoms with Crippen LogP contribution < -0.4 is 10.3 Å². The van der Waals surface area contributed by atoms with Gasteiger partial charge in [-0.2, -0.15) is 18.1 Å². The third-order valence-electron chi connectivity index (χ3n) is 4.27. The normalized spacial score (nSPS) is 19.1. The molecule has 0 fully saturated rings. The number of alkyl carbamates (subject to hydrolysis) is 1. The number of pyridine rings is 1. The summed E-state index contributed by atoms with van der Waals surface area (Å²) in [4.78, 5) is 31.9. The van der Waals surface area contributed by atoms with E-state index < -0.39 is 23.8 Å². The number of carbonyl (C=O) groups is 2. The van der Waals surface area contributed by atoms with E-state index in [9.17, 15) is 22.8 Å². The number of alkyl halides is 3. The van der Waals surface area contributed by atoms with Gasteiger partial charge < -0.3 is 4.74 Å². The highest BCUT2D eigenvalue weighted by Gasteiger charge is 2.72. The minimum atomic E-state index is -5.14. The Morgan fingerprint density at radius 1 is 1.21 bits per heavy atom. The number of amidine groups is 1. The van der Waals surface area contributed by atoms with Crippen molar-refractivity contribution >= 4 is 17.8 Å². The Balaban J connectivity index is 2.10. The van der Waals surface area contributed by atoms with Crippen molar-refractivity contribution in [2.24, 2.45) is 0 Å². The summed E-state index contributed by atoms with van der Waals surface area (Å²) in [6.07, 6.45) is -3.55. The number of amides is 2. The van der Waals surface area contributed by atoms with E-state index in [0.29, 0.717) is 11.1 Å². The number of benzene rings is 1. The highest BCUT2D eigenvalue weighted by Crippen LogP contribution is 2.30. The van der Waals surface area contributed by atoms with Crippen LogP contribution in [0.3, 0.4) is 0 Å². The predicted octanol–water partition coefficient (Wildman–Crippen LogP) is 0.956. The van der Waals surface area contributed by atoms with Crippen LogP contribution in [0.1, 0.15) is 18.1 Å². The standard InChI is InChI=1S/C19H17F3N4O3/c1-2-29-17(28)25-18(19(20,21)22)16(27)26(12-13-8-10-23-11-9-13)15(24-18)14-6-4-3-5-7-14/h3-11H,2,12H2,1H3,(H,25,28)/p+1/t18-/m1/s1. The molecule has 2 N–H and O–H groups in total. The first-order valence-corrected chi connectivity index (χ1v) is 8.71. The van der Waals surface area contributed by atoms with Crippen molar-refractivity contribution in [1.29, 1.82) is 0 Å². The van der Waals surface area contributed by atoms with Gasteiger partial charge in [0.05, 0.1) is 12.2 Å². The van der Waals surface area contributed by atoms with Gasteiger partial charge in [-0.05, 0) is 36.8 Å². The van der Waals surface area contributed by atoms with E-state index in [-0.39, 0.29) is 19.0 Å². The number of hydrogen-bond acceptors (Lipinski definition) is 4. The maximum atomic E-state index is 14.1. The zero-order valence-electron chi connectivity index (χ0n) is 15.4. The van der Waals surface area contributed by atoms with Gasteiger partial charge in [0.1, 0.15) is 6.54 Å². The molecule has 1 aromatic carbocycles. The molecule has 0 radical (unpaired) electrons. The Kier molecular flexibility index (Phi) is 5.53. The molecule has 0 aliphatic carbocycles. The molecular formula is C19H18F3N4O3+. The molecule has 2 aromatic rings. The summed E-state index contributed by atoms with van der Waals surface area (Å²) < 4.78 is 46.8. The average molecular weight is 407 g/mol. The van der Waals surface area contributed by atoms with Crippen molar-refractivity contribution in [2.45, 2.75) is 25.3 Å². The predicted molar refractivity (Wildman–Crippen MR) is 95.2 cm³/mol. The lowest BCUT2D eigenvalue weighted by molar-refractivity contribution is -0.581. The number of carbonyl (C=O) groups excluding carboxylic acids is 2. The number of nitrogens with one attached hydrogen (secondary N) is 2. The summed E-state index contributed by atoms with van der Waals surface area (Å²) in [6, 6.07) is 11.3. The lowest BCUT2D eigenvalue weighted by Crippen LogP contribution is -2.96. The maximum Gasteiger partial charge on any atom is 0.465 e. The fourth-order valence-corrected chi connectivity index (χ4v) is 2.92. The quantitative estimate of drug-likeness (QED) is 0.773. The van der Waals surface area contributed by atoms with Gasteiger partial charge in [-0.1, -0.05) is 18.2 Å². The van der Waals surface area contributed by atoms with Gasteiger partial charge in [0.25, 0.3) is 5.84 Å². The fraction of sp³-hybridized carbons (Fsp3) is 0.263. The van der Waals surface area contributed by atoms with Crippen LogP contribution in [0.4, 0.5) is 18.0 Å². The topological polar surface area (TPSA) is 85.5 Å². The molecule has 0 unspecified atom stereocenters. The van der Waals surface area contributed by atoms with Gasteiger partial charge >= 0.3 is 23.8 Å². The molecule has 0 saturated carbocycles. The SMILES string of the molecule is CCOC(=O)N[C@]1(C(F)(F)F)[NH+]=C(c2ccccc2)N(Cc2ccncc2)C1=O.